The van der Waals surface area contributed by atoms with E-state index in [1.807, 2.05) is 6.92 Å². The SMILES string of the molecule is CCC(O)C(C)N(C)Cc1cccc(C)c1. The second-order valence-electron chi connectivity index (χ2n) is 4.62. The molecular weight excluding hydrogens is 198 g/mol. The van der Waals surface area contributed by atoms with Gasteiger partial charge < -0.3 is 5.11 Å². The largest absolute Gasteiger partial charge is 0.392 e. The standard InChI is InChI=1S/C14H23NO/c1-5-14(16)12(3)15(4)10-13-8-6-7-11(2)9-13/h6-9,12,14,16H,5,10H2,1-4H3. The summed E-state index contributed by atoms with van der Waals surface area (Å²) in [5.41, 5.74) is 2.59. The fraction of sp³-hybridized carbons (Fsp3) is 0.571. The van der Waals surface area contributed by atoms with Gasteiger partial charge in [-0.25, -0.2) is 0 Å². The number of nitrogens with zero attached hydrogens (tertiary/aromatic N) is 1. The van der Waals surface area contributed by atoms with Crippen LogP contribution in [0.3, 0.4) is 0 Å². The molecule has 2 unspecified atom stereocenters. The van der Waals surface area contributed by atoms with Gasteiger partial charge in [0, 0.05) is 12.6 Å². The Labute approximate surface area is 98.9 Å². The van der Waals surface area contributed by atoms with E-state index in [2.05, 4.69) is 50.1 Å². The molecule has 0 radical (unpaired) electrons. The van der Waals surface area contributed by atoms with Crippen molar-refractivity contribution >= 4 is 0 Å². The van der Waals surface area contributed by atoms with E-state index >= 15 is 0 Å². The minimum atomic E-state index is -0.241. The molecule has 2 nitrogen and oxygen atoms in total. The maximum atomic E-state index is 9.79. The van der Waals surface area contributed by atoms with Crippen molar-refractivity contribution in [2.45, 2.75) is 45.9 Å². The molecule has 90 valence electrons. The van der Waals surface area contributed by atoms with Crippen molar-refractivity contribution < 1.29 is 5.11 Å². The van der Waals surface area contributed by atoms with Crippen molar-refractivity contribution in [3.05, 3.63) is 35.4 Å². The van der Waals surface area contributed by atoms with Crippen molar-refractivity contribution in [1.82, 2.24) is 4.90 Å². The lowest BCUT2D eigenvalue weighted by Gasteiger charge is -2.28. The molecular formula is C14H23NO. The van der Waals surface area contributed by atoms with E-state index in [0.717, 1.165) is 13.0 Å². The van der Waals surface area contributed by atoms with E-state index in [4.69, 9.17) is 0 Å². The predicted octanol–water partition coefficient (Wildman–Crippen LogP) is 2.59. The number of aryl methyl sites for hydroxylation is 1. The zero-order valence-corrected chi connectivity index (χ0v) is 10.8. The number of rotatable bonds is 5. The molecule has 2 heteroatoms. The Morgan fingerprint density at radius 3 is 2.62 bits per heavy atom. The van der Waals surface area contributed by atoms with Gasteiger partial charge in [-0.15, -0.1) is 0 Å². The van der Waals surface area contributed by atoms with Crippen LogP contribution in [0.15, 0.2) is 24.3 Å². The monoisotopic (exact) mass is 221 g/mol. The van der Waals surface area contributed by atoms with Crippen LogP contribution in [-0.2, 0) is 6.54 Å². The van der Waals surface area contributed by atoms with E-state index in [1.54, 1.807) is 0 Å². The molecule has 0 spiro atoms. The Morgan fingerprint density at radius 2 is 2.06 bits per heavy atom. The zero-order valence-electron chi connectivity index (χ0n) is 10.8. The average Bonchev–Trinajstić information content (AvgIpc) is 2.27. The molecule has 0 aliphatic carbocycles. The maximum Gasteiger partial charge on any atom is 0.0690 e. The van der Waals surface area contributed by atoms with Gasteiger partial charge in [-0.2, -0.15) is 0 Å². The van der Waals surface area contributed by atoms with Crippen LogP contribution in [0.25, 0.3) is 0 Å². The molecule has 0 amide bonds. The van der Waals surface area contributed by atoms with Crippen LogP contribution in [0.4, 0.5) is 0 Å². The van der Waals surface area contributed by atoms with Crippen molar-refractivity contribution in [2.75, 3.05) is 7.05 Å². The summed E-state index contributed by atoms with van der Waals surface area (Å²) in [6.45, 7) is 7.08. The molecule has 0 bridgehead atoms. The third-order valence-corrected chi connectivity index (χ3v) is 3.18. The van der Waals surface area contributed by atoms with E-state index in [9.17, 15) is 5.11 Å². The molecule has 1 aromatic carbocycles. The van der Waals surface area contributed by atoms with E-state index < -0.39 is 0 Å². The molecule has 1 rings (SSSR count). The summed E-state index contributed by atoms with van der Waals surface area (Å²) in [5.74, 6) is 0. The van der Waals surface area contributed by atoms with Crippen LogP contribution >= 0.6 is 0 Å². The molecule has 1 N–H and O–H groups in total. The highest BCUT2D eigenvalue weighted by atomic mass is 16.3. The van der Waals surface area contributed by atoms with Crippen LogP contribution in [0.1, 0.15) is 31.4 Å². The molecule has 0 fully saturated rings. The number of likely N-dealkylation sites (N-methyl/N-ethyl adjacent to an activating group) is 1. The first-order chi connectivity index (χ1) is 7.54. The molecule has 2 atom stereocenters. The summed E-state index contributed by atoms with van der Waals surface area (Å²) in [6, 6.07) is 8.72. The molecule has 0 aliphatic heterocycles. The molecule has 0 heterocycles. The van der Waals surface area contributed by atoms with Crippen molar-refractivity contribution in [2.24, 2.45) is 0 Å². The van der Waals surface area contributed by atoms with Gasteiger partial charge in [0.2, 0.25) is 0 Å². The summed E-state index contributed by atoms with van der Waals surface area (Å²) in [4.78, 5) is 2.20. The lowest BCUT2D eigenvalue weighted by Crippen LogP contribution is -2.38. The van der Waals surface area contributed by atoms with Crippen molar-refractivity contribution in [3.63, 3.8) is 0 Å². The third kappa shape index (κ3) is 3.62. The third-order valence-electron chi connectivity index (χ3n) is 3.18. The first-order valence-electron chi connectivity index (χ1n) is 5.98. The van der Waals surface area contributed by atoms with Gasteiger partial charge in [-0.1, -0.05) is 36.8 Å². The first kappa shape index (κ1) is 13.2. The van der Waals surface area contributed by atoms with Crippen molar-refractivity contribution in [1.29, 1.82) is 0 Å². The topological polar surface area (TPSA) is 23.5 Å². The van der Waals surface area contributed by atoms with Gasteiger partial charge in [0.25, 0.3) is 0 Å². The molecule has 0 aliphatic rings. The minimum absolute atomic E-state index is 0.200. The quantitative estimate of drug-likeness (QED) is 0.826. The van der Waals surface area contributed by atoms with Crippen LogP contribution in [0.5, 0.6) is 0 Å². The number of benzene rings is 1. The van der Waals surface area contributed by atoms with Crippen LogP contribution in [0, 0.1) is 6.92 Å². The molecule has 0 saturated carbocycles. The molecule has 16 heavy (non-hydrogen) atoms. The highest BCUT2D eigenvalue weighted by Crippen LogP contribution is 2.11. The molecule has 1 aromatic rings. The summed E-state index contributed by atoms with van der Waals surface area (Å²) in [5, 5.41) is 9.79. The van der Waals surface area contributed by atoms with Gasteiger partial charge >= 0.3 is 0 Å². The summed E-state index contributed by atoms with van der Waals surface area (Å²) < 4.78 is 0. The number of hydrogen-bond acceptors (Lipinski definition) is 2. The predicted molar refractivity (Wildman–Crippen MR) is 68.4 cm³/mol. The molecule has 0 aromatic heterocycles. The fourth-order valence-electron chi connectivity index (χ4n) is 1.88. The van der Waals surface area contributed by atoms with Crippen molar-refractivity contribution in [3.8, 4) is 0 Å². The number of aliphatic hydroxyl groups is 1. The highest BCUT2D eigenvalue weighted by Gasteiger charge is 2.16. The lowest BCUT2D eigenvalue weighted by molar-refractivity contribution is 0.0665. The second-order valence-corrected chi connectivity index (χ2v) is 4.62. The number of hydrogen-bond donors (Lipinski definition) is 1. The Bertz CT molecular complexity index is 324. The second kappa shape index (κ2) is 6.02. The molecule has 0 saturated heterocycles. The summed E-state index contributed by atoms with van der Waals surface area (Å²) >= 11 is 0. The van der Waals surface area contributed by atoms with Crippen LogP contribution in [0.2, 0.25) is 0 Å². The zero-order chi connectivity index (χ0) is 12.1. The Kier molecular flexibility index (Phi) is 4.97. The number of aliphatic hydroxyl groups excluding tert-OH is 1. The summed E-state index contributed by atoms with van der Waals surface area (Å²) in [6.07, 6.45) is 0.564. The lowest BCUT2D eigenvalue weighted by atomic mass is 10.1. The van der Waals surface area contributed by atoms with Gasteiger partial charge in [-0.05, 0) is 32.9 Å². The minimum Gasteiger partial charge on any atom is -0.392 e. The maximum absolute atomic E-state index is 9.79. The smallest absolute Gasteiger partial charge is 0.0690 e. The van der Waals surface area contributed by atoms with E-state index in [-0.39, 0.29) is 12.1 Å². The van der Waals surface area contributed by atoms with Gasteiger partial charge in [-0.3, -0.25) is 4.90 Å². The summed E-state index contributed by atoms with van der Waals surface area (Å²) in [7, 11) is 2.06. The van der Waals surface area contributed by atoms with Crippen LogP contribution in [-0.4, -0.2) is 29.2 Å². The Hall–Kier alpha value is -0.860. The fourth-order valence-corrected chi connectivity index (χ4v) is 1.88. The normalized spacial score (nSPS) is 15.1. The van der Waals surface area contributed by atoms with E-state index in [1.165, 1.54) is 11.1 Å². The van der Waals surface area contributed by atoms with Gasteiger partial charge in [0.1, 0.15) is 0 Å². The van der Waals surface area contributed by atoms with Gasteiger partial charge in [0.15, 0.2) is 0 Å². The van der Waals surface area contributed by atoms with Crippen LogP contribution < -0.4 is 0 Å². The average molecular weight is 221 g/mol. The van der Waals surface area contributed by atoms with E-state index in [0.29, 0.717) is 0 Å². The Morgan fingerprint density at radius 1 is 1.38 bits per heavy atom. The highest BCUT2D eigenvalue weighted by molar-refractivity contribution is 5.22. The Balaban J connectivity index is 2.60. The first-order valence-corrected chi connectivity index (χ1v) is 5.98. The van der Waals surface area contributed by atoms with Gasteiger partial charge in [0.05, 0.1) is 6.10 Å².